The lowest BCUT2D eigenvalue weighted by atomic mass is 10.2. The van der Waals surface area contributed by atoms with Gasteiger partial charge in [-0.25, -0.2) is 4.39 Å². The van der Waals surface area contributed by atoms with Crippen LogP contribution in [0.1, 0.15) is 13.8 Å². The van der Waals surface area contributed by atoms with Crippen molar-refractivity contribution in [1.29, 1.82) is 0 Å². The minimum atomic E-state index is -0.122. The lowest BCUT2D eigenvalue weighted by Crippen LogP contribution is -2.30. The zero-order valence-corrected chi connectivity index (χ0v) is 8.54. The normalized spacial score (nSPS) is 19.0. The Morgan fingerprint density at radius 2 is 2.23 bits per heavy atom. The van der Waals surface area contributed by atoms with Crippen molar-refractivity contribution in [2.75, 3.05) is 11.9 Å². The molecular formula is C10H12FNS. The second kappa shape index (κ2) is 2.91. The van der Waals surface area contributed by atoms with E-state index in [-0.39, 0.29) is 10.6 Å². The van der Waals surface area contributed by atoms with E-state index in [0.29, 0.717) is 0 Å². The summed E-state index contributed by atoms with van der Waals surface area (Å²) in [7, 11) is 0. The maximum atomic E-state index is 13.4. The Bertz CT molecular complexity index is 336. The van der Waals surface area contributed by atoms with Crippen molar-refractivity contribution < 1.29 is 4.39 Å². The predicted octanol–water partition coefficient (Wildman–Crippen LogP) is 3.12. The number of hydrogen-bond donors (Lipinski definition) is 1. The van der Waals surface area contributed by atoms with Crippen LogP contribution in [0, 0.1) is 5.82 Å². The van der Waals surface area contributed by atoms with Gasteiger partial charge in [0.05, 0.1) is 10.6 Å². The Labute approximate surface area is 81.7 Å². The molecule has 1 aliphatic heterocycles. The average Bonchev–Trinajstić information content (AvgIpc) is 2.06. The highest BCUT2D eigenvalue weighted by atomic mass is 32.2. The van der Waals surface area contributed by atoms with Crippen LogP contribution in [0.3, 0.4) is 0 Å². The van der Waals surface area contributed by atoms with Crippen LogP contribution in [-0.4, -0.2) is 11.3 Å². The lowest BCUT2D eigenvalue weighted by molar-refractivity contribution is 0.597. The maximum Gasteiger partial charge on any atom is 0.138 e. The molecule has 1 nitrogen and oxygen atoms in total. The average molecular weight is 197 g/mol. The van der Waals surface area contributed by atoms with Gasteiger partial charge < -0.3 is 5.32 Å². The summed E-state index contributed by atoms with van der Waals surface area (Å²) in [4.78, 5) is 0.749. The highest BCUT2D eigenvalue weighted by Gasteiger charge is 2.27. The summed E-state index contributed by atoms with van der Waals surface area (Å²) in [6, 6.07) is 5.16. The second-order valence-electron chi connectivity index (χ2n) is 3.83. The van der Waals surface area contributed by atoms with E-state index in [0.717, 1.165) is 17.1 Å². The SMILES string of the molecule is CC1(C)CNc2cccc(F)c2S1. The van der Waals surface area contributed by atoms with Crippen molar-refractivity contribution in [2.24, 2.45) is 0 Å². The predicted molar refractivity (Wildman–Crippen MR) is 54.8 cm³/mol. The third kappa shape index (κ3) is 1.66. The number of fused-ring (bicyclic) bond motifs is 1. The van der Waals surface area contributed by atoms with Crippen LogP contribution in [0.15, 0.2) is 23.1 Å². The summed E-state index contributed by atoms with van der Waals surface area (Å²) in [6.45, 7) is 5.11. The van der Waals surface area contributed by atoms with E-state index in [1.165, 1.54) is 6.07 Å². The number of rotatable bonds is 0. The molecule has 0 atom stereocenters. The van der Waals surface area contributed by atoms with Crippen molar-refractivity contribution in [3.05, 3.63) is 24.0 Å². The molecule has 1 aromatic carbocycles. The monoisotopic (exact) mass is 197 g/mol. The first-order valence-electron chi connectivity index (χ1n) is 4.30. The van der Waals surface area contributed by atoms with E-state index in [1.807, 2.05) is 6.07 Å². The summed E-state index contributed by atoms with van der Waals surface area (Å²) in [5, 5.41) is 3.23. The van der Waals surface area contributed by atoms with E-state index in [1.54, 1.807) is 17.8 Å². The fraction of sp³-hybridized carbons (Fsp3) is 0.400. The van der Waals surface area contributed by atoms with Crippen LogP contribution < -0.4 is 5.32 Å². The number of benzene rings is 1. The zero-order chi connectivity index (χ0) is 9.47. The van der Waals surface area contributed by atoms with Gasteiger partial charge in [0.2, 0.25) is 0 Å². The first-order valence-corrected chi connectivity index (χ1v) is 5.11. The summed E-state index contributed by atoms with van der Waals surface area (Å²) in [5.41, 5.74) is 0.921. The third-order valence-electron chi connectivity index (χ3n) is 2.05. The van der Waals surface area contributed by atoms with Gasteiger partial charge in [0.1, 0.15) is 5.82 Å². The molecule has 0 unspecified atom stereocenters. The highest BCUT2D eigenvalue weighted by molar-refractivity contribution is 8.00. The van der Waals surface area contributed by atoms with Crippen LogP contribution in [0.2, 0.25) is 0 Å². The fourth-order valence-corrected chi connectivity index (χ4v) is 2.48. The molecule has 0 radical (unpaired) electrons. The van der Waals surface area contributed by atoms with Crippen molar-refractivity contribution in [2.45, 2.75) is 23.5 Å². The smallest absolute Gasteiger partial charge is 0.138 e. The number of nitrogens with one attached hydrogen (secondary N) is 1. The Balaban J connectivity index is 2.44. The van der Waals surface area contributed by atoms with Gasteiger partial charge in [-0.1, -0.05) is 6.07 Å². The molecule has 0 bridgehead atoms. The minimum absolute atomic E-state index is 0.0786. The Hall–Kier alpha value is -0.700. The quantitative estimate of drug-likeness (QED) is 0.685. The Morgan fingerprint density at radius 3 is 3.00 bits per heavy atom. The third-order valence-corrected chi connectivity index (χ3v) is 3.37. The number of hydrogen-bond acceptors (Lipinski definition) is 2. The minimum Gasteiger partial charge on any atom is -0.383 e. The van der Waals surface area contributed by atoms with Gasteiger partial charge in [-0.3, -0.25) is 0 Å². The molecule has 0 aliphatic carbocycles. The van der Waals surface area contributed by atoms with Crippen molar-refractivity contribution in [1.82, 2.24) is 0 Å². The van der Waals surface area contributed by atoms with Crippen molar-refractivity contribution in [3.63, 3.8) is 0 Å². The topological polar surface area (TPSA) is 12.0 Å². The molecule has 2 rings (SSSR count). The molecule has 0 aromatic heterocycles. The lowest BCUT2D eigenvalue weighted by Gasteiger charge is -2.31. The molecule has 70 valence electrons. The van der Waals surface area contributed by atoms with Gasteiger partial charge >= 0.3 is 0 Å². The second-order valence-corrected chi connectivity index (χ2v) is 5.55. The van der Waals surface area contributed by atoms with Crippen LogP contribution in [-0.2, 0) is 0 Å². The van der Waals surface area contributed by atoms with Gasteiger partial charge in [0.15, 0.2) is 0 Å². The molecular weight excluding hydrogens is 185 g/mol. The Kier molecular flexibility index (Phi) is 1.99. The van der Waals surface area contributed by atoms with E-state index in [9.17, 15) is 4.39 Å². The van der Waals surface area contributed by atoms with Crippen LogP contribution >= 0.6 is 11.8 Å². The molecule has 1 N–H and O–H groups in total. The molecule has 1 aromatic rings. The molecule has 1 heterocycles. The molecule has 0 saturated heterocycles. The van der Waals surface area contributed by atoms with Gasteiger partial charge in [0.25, 0.3) is 0 Å². The van der Waals surface area contributed by atoms with Crippen LogP contribution in [0.25, 0.3) is 0 Å². The van der Waals surface area contributed by atoms with E-state index in [4.69, 9.17) is 0 Å². The first-order chi connectivity index (χ1) is 6.08. The molecule has 0 saturated carbocycles. The molecule has 1 aliphatic rings. The molecule has 0 amide bonds. The van der Waals surface area contributed by atoms with Crippen LogP contribution in [0.4, 0.5) is 10.1 Å². The van der Waals surface area contributed by atoms with Crippen molar-refractivity contribution >= 4 is 17.4 Å². The fourth-order valence-electron chi connectivity index (χ4n) is 1.37. The molecule has 13 heavy (non-hydrogen) atoms. The standard InChI is InChI=1S/C10H12FNS/c1-10(2)6-12-8-5-3-4-7(11)9(8)13-10/h3-5,12H,6H2,1-2H3. The number of anilines is 1. The number of thioether (sulfide) groups is 1. The molecule has 0 fully saturated rings. The zero-order valence-electron chi connectivity index (χ0n) is 7.73. The summed E-state index contributed by atoms with van der Waals surface area (Å²) < 4.78 is 13.4. The van der Waals surface area contributed by atoms with Gasteiger partial charge in [-0.15, -0.1) is 11.8 Å². The van der Waals surface area contributed by atoms with Gasteiger partial charge in [0, 0.05) is 11.3 Å². The molecule has 0 spiro atoms. The van der Waals surface area contributed by atoms with Gasteiger partial charge in [-0.2, -0.15) is 0 Å². The maximum absolute atomic E-state index is 13.4. The first kappa shape index (κ1) is 8.88. The molecule has 3 heteroatoms. The van der Waals surface area contributed by atoms with Gasteiger partial charge in [-0.05, 0) is 26.0 Å². The largest absolute Gasteiger partial charge is 0.383 e. The van der Waals surface area contributed by atoms with E-state index >= 15 is 0 Å². The Morgan fingerprint density at radius 1 is 1.46 bits per heavy atom. The van der Waals surface area contributed by atoms with Crippen LogP contribution in [0.5, 0.6) is 0 Å². The van der Waals surface area contributed by atoms with E-state index < -0.39 is 0 Å². The highest BCUT2D eigenvalue weighted by Crippen LogP contribution is 2.42. The van der Waals surface area contributed by atoms with E-state index in [2.05, 4.69) is 19.2 Å². The summed E-state index contributed by atoms with van der Waals surface area (Å²) in [5.74, 6) is -0.122. The summed E-state index contributed by atoms with van der Waals surface area (Å²) in [6.07, 6.45) is 0. The summed E-state index contributed by atoms with van der Waals surface area (Å²) >= 11 is 1.60. The number of halogens is 1. The van der Waals surface area contributed by atoms with Crippen molar-refractivity contribution in [3.8, 4) is 0 Å².